The van der Waals surface area contributed by atoms with Crippen molar-refractivity contribution in [3.8, 4) is 6.07 Å². The molecular formula is C15H20BrN3. The van der Waals surface area contributed by atoms with Crippen LogP contribution >= 0.6 is 15.9 Å². The fourth-order valence-electron chi connectivity index (χ4n) is 2.85. The number of nitriles is 1. The Kier molecular flexibility index (Phi) is 4.84. The minimum Gasteiger partial charge on any atom is -0.372 e. The summed E-state index contributed by atoms with van der Waals surface area (Å²) in [4.78, 5) is 4.74. The summed E-state index contributed by atoms with van der Waals surface area (Å²) in [5.41, 5.74) is 1.76. The van der Waals surface area contributed by atoms with E-state index in [-0.39, 0.29) is 0 Å². The quantitative estimate of drug-likeness (QED) is 0.852. The minimum atomic E-state index is 0.612. The number of likely N-dealkylation sites (tertiary alicyclic amines) is 1. The zero-order valence-corrected chi connectivity index (χ0v) is 13.2. The average Bonchev–Trinajstić information content (AvgIpc) is 2.85. The van der Waals surface area contributed by atoms with Gasteiger partial charge in [-0.2, -0.15) is 5.26 Å². The molecule has 1 saturated heterocycles. The van der Waals surface area contributed by atoms with Gasteiger partial charge in [-0.3, -0.25) is 4.90 Å². The number of rotatable bonds is 4. The van der Waals surface area contributed by atoms with Gasteiger partial charge in [-0.05, 0) is 44.1 Å². The summed E-state index contributed by atoms with van der Waals surface area (Å²) in [6.45, 7) is 5.53. The third kappa shape index (κ3) is 3.29. The lowest BCUT2D eigenvalue weighted by molar-refractivity contribution is 0.270. The van der Waals surface area contributed by atoms with Crippen LogP contribution in [0.15, 0.2) is 22.7 Å². The van der Waals surface area contributed by atoms with E-state index >= 15 is 0 Å². The van der Waals surface area contributed by atoms with Crippen LogP contribution in [0.5, 0.6) is 0 Å². The van der Waals surface area contributed by atoms with E-state index in [1.807, 2.05) is 18.2 Å². The molecule has 0 spiro atoms. The smallest absolute Gasteiger partial charge is 0.101 e. The van der Waals surface area contributed by atoms with E-state index in [0.717, 1.165) is 28.8 Å². The predicted octanol–water partition coefficient (Wildman–Crippen LogP) is 3.24. The first-order chi connectivity index (χ1) is 9.15. The number of benzene rings is 1. The fourth-order valence-corrected chi connectivity index (χ4v) is 3.20. The SMILES string of the molecule is CCN1CCCC1CN(C)c1cc(Br)ccc1C#N. The van der Waals surface area contributed by atoms with Crippen LogP contribution in [-0.2, 0) is 0 Å². The van der Waals surface area contributed by atoms with Crippen LogP contribution in [0.2, 0.25) is 0 Å². The van der Waals surface area contributed by atoms with Gasteiger partial charge in [0, 0.05) is 24.1 Å². The lowest BCUT2D eigenvalue weighted by Gasteiger charge is -2.29. The molecule has 1 aliphatic heterocycles. The second-order valence-electron chi connectivity index (χ2n) is 5.08. The minimum absolute atomic E-state index is 0.612. The second-order valence-corrected chi connectivity index (χ2v) is 5.99. The standard InChI is InChI=1S/C15H20BrN3/c1-3-19-8-4-5-14(19)11-18(2)15-9-13(16)7-6-12(15)10-17/h6-7,9,14H,3-5,8,11H2,1-2H3. The third-order valence-corrected chi connectivity index (χ3v) is 4.37. The molecule has 1 aliphatic rings. The molecule has 1 atom stereocenters. The van der Waals surface area contributed by atoms with Crippen molar-refractivity contribution in [3.05, 3.63) is 28.2 Å². The van der Waals surface area contributed by atoms with E-state index in [1.54, 1.807) is 0 Å². The van der Waals surface area contributed by atoms with Gasteiger partial charge >= 0.3 is 0 Å². The maximum Gasteiger partial charge on any atom is 0.101 e. The van der Waals surface area contributed by atoms with Crippen molar-refractivity contribution in [1.29, 1.82) is 5.26 Å². The highest BCUT2D eigenvalue weighted by atomic mass is 79.9. The molecule has 0 aliphatic carbocycles. The van der Waals surface area contributed by atoms with Gasteiger partial charge < -0.3 is 4.90 Å². The molecule has 19 heavy (non-hydrogen) atoms. The number of hydrogen-bond acceptors (Lipinski definition) is 3. The van der Waals surface area contributed by atoms with Crippen molar-refractivity contribution in [2.75, 3.05) is 31.6 Å². The lowest BCUT2D eigenvalue weighted by Crippen LogP contribution is -2.39. The van der Waals surface area contributed by atoms with E-state index in [2.05, 4.69) is 45.8 Å². The van der Waals surface area contributed by atoms with Gasteiger partial charge in [-0.25, -0.2) is 0 Å². The molecule has 1 unspecified atom stereocenters. The number of halogens is 1. The van der Waals surface area contributed by atoms with Crippen molar-refractivity contribution < 1.29 is 0 Å². The molecule has 102 valence electrons. The van der Waals surface area contributed by atoms with E-state index in [0.29, 0.717) is 6.04 Å². The molecule has 0 radical (unpaired) electrons. The second kappa shape index (κ2) is 6.40. The fraction of sp³-hybridized carbons (Fsp3) is 0.533. The van der Waals surface area contributed by atoms with Crippen LogP contribution in [0, 0.1) is 11.3 Å². The summed E-state index contributed by atoms with van der Waals surface area (Å²) in [6.07, 6.45) is 2.55. The first-order valence-corrected chi connectivity index (χ1v) is 7.59. The first-order valence-electron chi connectivity index (χ1n) is 6.80. The summed E-state index contributed by atoms with van der Waals surface area (Å²) in [6, 6.07) is 8.72. The van der Waals surface area contributed by atoms with Gasteiger partial charge in [0.15, 0.2) is 0 Å². The number of likely N-dealkylation sites (N-methyl/N-ethyl adjacent to an activating group) is 2. The zero-order valence-electron chi connectivity index (χ0n) is 11.6. The van der Waals surface area contributed by atoms with Gasteiger partial charge in [0.05, 0.1) is 11.3 Å². The predicted molar refractivity (Wildman–Crippen MR) is 82.4 cm³/mol. The van der Waals surface area contributed by atoms with Crippen LogP contribution in [-0.4, -0.2) is 37.6 Å². The van der Waals surface area contributed by atoms with E-state index in [4.69, 9.17) is 0 Å². The summed E-state index contributed by atoms with van der Waals surface area (Å²) in [5, 5.41) is 9.21. The van der Waals surface area contributed by atoms with E-state index in [9.17, 15) is 5.26 Å². The largest absolute Gasteiger partial charge is 0.372 e. The molecule has 0 N–H and O–H groups in total. The normalized spacial score (nSPS) is 19.4. The Morgan fingerprint density at radius 2 is 2.32 bits per heavy atom. The molecule has 0 aromatic heterocycles. The van der Waals surface area contributed by atoms with Crippen molar-refractivity contribution in [3.63, 3.8) is 0 Å². The van der Waals surface area contributed by atoms with Gasteiger partial charge in [-0.15, -0.1) is 0 Å². The summed E-state index contributed by atoms with van der Waals surface area (Å²) in [7, 11) is 2.08. The van der Waals surface area contributed by atoms with Gasteiger partial charge in [0.2, 0.25) is 0 Å². The molecule has 1 fully saturated rings. The van der Waals surface area contributed by atoms with Gasteiger partial charge in [0.25, 0.3) is 0 Å². The number of hydrogen-bond donors (Lipinski definition) is 0. The molecular weight excluding hydrogens is 302 g/mol. The molecule has 3 nitrogen and oxygen atoms in total. The van der Waals surface area contributed by atoms with Crippen LogP contribution in [0.1, 0.15) is 25.3 Å². The summed E-state index contributed by atoms with van der Waals surface area (Å²) >= 11 is 3.49. The molecule has 2 rings (SSSR count). The molecule has 0 amide bonds. The summed E-state index contributed by atoms with van der Waals surface area (Å²) < 4.78 is 1.02. The molecule has 0 bridgehead atoms. The van der Waals surface area contributed by atoms with Crippen LogP contribution in [0.3, 0.4) is 0 Å². The van der Waals surface area contributed by atoms with Gasteiger partial charge in [-0.1, -0.05) is 22.9 Å². The maximum atomic E-state index is 9.21. The Morgan fingerprint density at radius 3 is 3.00 bits per heavy atom. The van der Waals surface area contributed by atoms with E-state index < -0.39 is 0 Å². The Balaban J connectivity index is 2.13. The molecule has 1 aromatic carbocycles. The van der Waals surface area contributed by atoms with E-state index in [1.165, 1.54) is 19.4 Å². The highest BCUT2D eigenvalue weighted by Crippen LogP contribution is 2.26. The monoisotopic (exact) mass is 321 g/mol. The zero-order chi connectivity index (χ0) is 13.8. The van der Waals surface area contributed by atoms with Crippen LogP contribution in [0.25, 0.3) is 0 Å². The highest BCUT2D eigenvalue weighted by molar-refractivity contribution is 9.10. The highest BCUT2D eigenvalue weighted by Gasteiger charge is 2.24. The number of anilines is 1. The average molecular weight is 322 g/mol. The molecule has 1 heterocycles. The van der Waals surface area contributed by atoms with Gasteiger partial charge in [0.1, 0.15) is 6.07 Å². The Bertz CT molecular complexity index is 481. The first kappa shape index (κ1) is 14.4. The van der Waals surface area contributed by atoms with Crippen molar-refractivity contribution in [2.45, 2.75) is 25.8 Å². The van der Waals surface area contributed by atoms with Crippen molar-refractivity contribution in [2.24, 2.45) is 0 Å². The number of nitrogens with zero attached hydrogens (tertiary/aromatic N) is 3. The Hall–Kier alpha value is -1.05. The summed E-state index contributed by atoms with van der Waals surface area (Å²) in [5.74, 6) is 0. The van der Waals surface area contributed by atoms with Crippen molar-refractivity contribution >= 4 is 21.6 Å². The molecule has 4 heteroatoms. The lowest BCUT2D eigenvalue weighted by atomic mass is 10.1. The maximum absolute atomic E-state index is 9.21. The van der Waals surface area contributed by atoms with Crippen LogP contribution in [0.4, 0.5) is 5.69 Å². The van der Waals surface area contributed by atoms with Crippen LogP contribution < -0.4 is 4.90 Å². The molecule has 0 saturated carbocycles. The topological polar surface area (TPSA) is 30.3 Å². The van der Waals surface area contributed by atoms with Crippen molar-refractivity contribution in [1.82, 2.24) is 4.90 Å². The third-order valence-electron chi connectivity index (χ3n) is 3.88. The molecule has 1 aromatic rings. The Labute approximate surface area is 123 Å². The Morgan fingerprint density at radius 1 is 1.53 bits per heavy atom.